The van der Waals surface area contributed by atoms with Crippen molar-refractivity contribution in [1.29, 1.82) is 0 Å². The maximum absolute atomic E-state index is 13.9. The van der Waals surface area contributed by atoms with Crippen molar-refractivity contribution in [1.82, 2.24) is 0 Å². The van der Waals surface area contributed by atoms with Gasteiger partial charge < -0.3 is 14.2 Å². The zero-order valence-corrected chi connectivity index (χ0v) is 11.8. The maximum atomic E-state index is 13.9. The van der Waals surface area contributed by atoms with E-state index < -0.39 is 11.8 Å². The third-order valence-electron chi connectivity index (χ3n) is 2.87. The standard InChI is InChI=1S/C16H15FO4/c1-19-15-13(17)8-12(16(18)20-2)9-14(15)21-10-11-6-4-3-5-7-11/h3-9H,10H2,1-2H3. The predicted molar refractivity (Wildman–Crippen MR) is 75.1 cm³/mol. The Labute approximate surface area is 122 Å². The summed E-state index contributed by atoms with van der Waals surface area (Å²) in [5.41, 5.74) is 0.988. The fourth-order valence-corrected chi connectivity index (χ4v) is 1.84. The highest BCUT2D eigenvalue weighted by Gasteiger charge is 2.17. The Morgan fingerprint density at radius 1 is 1.14 bits per heavy atom. The van der Waals surface area contributed by atoms with Crippen LogP contribution in [0.5, 0.6) is 11.5 Å². The van der Waals surface area contributed by atoms with E-state index in [9.17, 15) is 9.18 Å². The average molecular weight is 290 g/mol. The van der Waals surface area contributed by atoms with Crippen LogP contribution < -0.4 is 9.47 Å². The molecule has 2 aromatic carbocycles. The van der Waals surface area contributed by atoms with Crippen molar-refractivity contribution in [3.8, 4) is 11.5 Å². The second-order valence-electron chi connectivity index (χ2n) is 4.26. The molecule has 2 aromatic rings. The number of benzene rings is 2. The van der Waals surface area contributed by atoms with E-state index in [2.05, 4.69) is 4.74 Å². The van der Waals surface area contributed by atoms with Crippen molar-refractivity contribution >= 4 is 5.97 Å². The molecule has 0 bridgehead atoms. The highest BCUT2D eigenvalue weighted by molar-refractivity contribution is 5.90. The first-order valence-electron chi connectivity index (χ1n) is 6.28. The van der Waals surface area contributed by atoms with Crippen molar-refractivity contribution in [2.75, 3.05) is 14.2 Å². The second kappa shape index (κ2) is 6.74. The van der Waals surface area contributed by atoms with Crippen molar-refractivity contribution in [3.05, 3.63) is 59.4 Å². The molecular weight excluding hydrogens is 275 g/mol. The summed E-state index contributed by atoms with van der Waals surface area (Å²) < 4.78 is 29.0. The minimum atomic E-state index is -0.677. The molecule has 0 radical (unpaired) electrons. The Morgan fingerprint density at radius 3 is 2.48 bits per heavy atom. The van der Waals surface area contributed by atoms with Gasteiger partial charge in [0.2, 0.25) is 0 Å². The Balaban J connectivity index is 2.27. The second-order valence-corrected chi connectivity index (χ2v) is 4.26. The van der Waals surface area contributed by atoms with Gasteiger partial charge in [-0.1, -0.05) is 30.3 Å². The number of esters is 1. The lowest BCUT2D eigenvalue weighted by Crippen LogP contribution is -2.05. The number of carbonyl (C=O) groups excluding carboxylic acids is 1. The number of halogens is 1. The molecule has 0 spiro atoms. The van der Waals surface area contributed by atoms with Crippen LogP contribution in [0.4, 0.5) is 4.39 Å². The van der Waals surface area contributed by atoms with Crippen LogP contribution in [0.1, 0.15) is 15.9 Å². The van der Waals surface area contributed by atoms with Gasteiger partial charge in [-0.25, -0.2) is 9.18 Å². The van der Waals surface area contributed by atoms with Gasteiger partial charge in [0.1, 0.15) is 6.61 Å². The molecule has 5 heteroatoms. The summed E-state index contributed by atoms with van der Waals surface area (Å²) in [6.45, 7) is 0.237. The van der Waals surface area contributed by atoms with Gasteiger partial charge in [-0.05, 0) is 17.7 Å². The summed E-state index contributed by atoms with van der Waals surface area (Å²) in [5, 5.41) is 0. The highest BCUT2D eigenvalue weighted by atomic mass is 19.1. The topological polar surface area (TPSA) is 44.8 Å². The van der Waals surface area contributed by atoms with Gasteiger partial charge in [0.15, 0.2) is 17.3 Å². The van der Waals surface area contributed by atoms with Crippen LogP contribution in [0.2, 0.25) is 0 Å². The fraction of sp³-hybridized carbons (Fsp3) is 0.188. The number of rotatable bonds is 5. The van der Waals surface area contributed by atoms with Crippen LogP contribution in [-0.4, -0.2) is 20.2 Å². The summed E-state index contributed by atoms with van der Waals surface area (Å²) in [7, 11) is 2.57. The lowest BCUT2D eigenvalue weighted by atomic mass is 10.2. The molecule has 0 atom stereocenters. The van der Waals surface area contributed by atoms with Crippen molar-refractivity contribution in [2.45, 2.75) is 6.61 Å². The number of hydrogen-bond donors (Lipinski definition) is 0. The van der Waals surface area contributed by atoms with E-state index in [-0.39, 0.29) is 23.7 Å². The number of ether oxygens (including phenoxy) is 3. The van der Waals surface area contributed by atoms with Gasteiger partial charge in [0.05, 0.1) is 19.8 Å². The molecule has 0 heterocycles. The normalized spacial score (nSPS) is 10.0. The summed E-state index contributed by atoms with van der Waals surface area (Å²) in [6, 6.07) is 11.9. The highest BCUT2D eigenvalue weighted by Crippen LogP contribution is 2.32. The monoisotopic (exact) mass is 290 g/mol. The number of hydrogen-bond acceptors (Lipinski definition) is 4. The van der Waals surface area contributed by atoms with Crippen LogP contribution in [0.15, 0.2) is 42.5 Å². The number of carbonyl (C=O) groups is 1. The third-order valence-corrected chi connectivity index (χ3v) is 2.87. The molecule has 0 aliphatic carbocycles. The average Bonchev–Trinajstić information content (AvgIpc) is 2.52. The van der Waals surface area contributed by atoms with Crippen LogP contribution in [0, 0.1) is 5.82 Å². The van der Waals surface area contributed by atoms with Crippen LogP contribution in [0.25, 0.3) is 0 Å². The minimum absolute atomic E-state index is 0.0430. The summed E-state index contributed by atoms with van der Waals surface area (Å²) >= 11 is 0. The number of methoxy groups -OCH3 is 2. The molecule has 21 heavy (non-hydrogen) atoms. The Kier molecular flexibility index (Phi) is 4.77. The maximum Gasteiger partial charge on any atom is 0.338 e. The summed E-state index contributed by atoms with van der Waals surface area (Å²) in [6.07, 6.45) is 0. The van der Waals surface area contributed by atoms with Gasteiger partial charge in [-0.15, -0.1) is 0 Å². The van der Waals surface area contributed by atoms with E-state index in [4.69, 9.17) is 9.47 Å². The van der Waals surface area contributed by atoms with Gasteiger partial charge in [0.25, 0.3) is 0 Å². The van der Waals surface area contributed by atoms with E-state index in [1.807, 2.05) is 30.3 Å². The van der Waals surface area contributed by atoms with Crippen molar-refractivity contribution in [2.24, 2.45) is 0 Å². The van der Waals surface area contributed by atoms with Gasteiger partial charge >= 0.3 is 5.97 Å². The zero-order chi connectivity index (χ0) is 15.2. The molecule has 110 valence electrons. The van der Waals surface area contributed by atoms with Crippen molar-refractivity contribution < 1.29 is 23.4 Å². The first-order valence-corrected chi connectivity index (χ1v) is 6.28. The van der Waals surface area contributed by atoms with Gasteiger partial charge in [-0.2, -0.15) is 0 Å². The minimum Gasteiger partial charge on any atom is -0.490 e. The molecular formula is C16H15FO4. The first kappa shape index (κ1) is 14.8. The molecule has 0 fully saturated rings. The molecule has 0 aromatic heterocycles. The summed E-state index contributed by atoms with van der Waals surface area (Å²) in [4.78, 5) is 11.5. The smallest absolute Gasteiger partial charge is 0.338 e. The zero-order valence-electron chi connectivity index (χ0n) is 11.8. The first-order chi connectivity index (χ1) is 10.2. The largest absolute Gasteiger partial charge is 0.490 e. The Morgan fingerprint density at radius 2 is 1.86 bits per heavy atom. The molecule has 0 saturated carbocycles. The molecule has 0 N–H and O–H groups in total. The molecule has 0 unspecified atom stereocenters. The van der Waals surface area contributed by atoms with Crippen LogP contribution in [-0.2, 0) is 11.3 Å². The Hall–Kier alpha value is -2.56. The quantitative estimate of drug-likeness (QED) is 0.793. The summed E-state index contributed by atoms with van der Waals surface area (Å²) in [5.74, 6) is -1.20. The SMILES string of the molecule is COC(=O)c1cc(F)c(OC)c(OCc2ccccc2)c1. The predicted octanol–water partition coefficient (Wildman–Crippen LogP) is 3.20. The fourth-order valence-electron chi connectivity index (χ4n) is 1.84. The van der Waals surface area contributed by atoms with Crippen LogP contribution >= 0.6 is 0 Å². The molecule has 0 aliphatic heterocycles. The molecule has 0 aliphatic rings. The molecule has 4 nitrogen and oxygen atoms in total. The Bertz CT molecular complexity index is 626. The van der Waals surface area contributed by atoms with E-state index in [0.717, 1.165) is 11.6 Å². The molecule has 0 amide bonds. The van der Waals surface area contributed by atoms with Gasteiger partial charge in [-0.3, -0.25) is 0 Å². The van der Waals surface area contributed by atoms with E-state index >= 15 is 0 Å². The third kappa shape index (κ3) is 3.51. The van der Waals surface area contributed by atoms with E-state index in [1.165, 1.54) is 20.3 Å². The van der Waals surface area contributed by atoms with Crippen LogP contribution in [0.3, 0.4) is 0 Å². The van der Waals surface area contributed by atoms with E-state index in [1.54, 1.807) is 0 Å². The van der Waals surface area contributed by atoms with Gasteiger partial charge in [0, 0.05) is 0 Å². The molecule has 0 saturated heterocycles. The lowest BCUT2D eigenvalue weighted by Gasteiger charge is -2.13. The lowest BCUT2D eigenvalue weighted by molar-refractivity contribution is 0.0599. The molecule has 2 rings (SSSR count). The van der Waals surface area contributed by atoms with Crippen molar-refractivity contribution in [3.63, 3.8) is 0 Å². The van der Waals surface area contributed by atoms with E-state index in [0.29, 0.717) is 0 Å².